The summed E-state index contributed by atoms with van der Waals surface area (Å²) in [6.07, 6.45) is 20.1. The minimum atomic E-state index is -3.02. The summed E-state index contributed by atoms with van der Waals surface area (Å²) in [5, 5.41) is 3.07. The topological polar surface area (TPSA) is 58.5 Å². The first-order valence-corrected chi connectivity index (χ1v) is 16.1. The van der Waals surface area contributed by atoms with Crippen molar-refractivity contribution < 1.29 is 8.42 Å². The fourth-order valence-electron chi connectivity index (χ4n) is 9.24. The van der Waals surface area contributed by atoms with Gasteiger partial charge in [-0.2, -0.15) is 0 Å². The summed E-state index contributed by atoms with van der Waals surface area (Å²) in [6, 6.07) is 0.385. The average Bonchev–Trinajstić information content (AvgIpc) is 3.40. The number of nitrogens with zero attached hydrogens (tertiary/aromatic N) is 1. The van der Waals surface area contributed by atoms with Crippen LogP contribution in [0.15, 0.2) is 4.99 Å². The molecule has 0 bridgehead atoms. The highest BCUT2D eigenvalue weighted by Crippen LogP contribution is 2.50. The molecule has 1 aliphatic heterocycles. The third-order valence-corrected chi connectivity index (χ3v) is 13.6. The van der Waals surface area contributed by atoms with Crippen molar-refractivity contribution in [1.29, 1.82) is 0 Å². The maximum atomic E-state index is 13.6. The molecular formula is C28H48N2O2S. The van der Waals surface area contributed by atoms with Crippen LogP contribution in [0.25, 0.3) is 0 Å². The van der Waals surface area contributed by atoms with E-state index in [1.165, 1.54) is 70.6 Å². The highest BCUT2D eigenvalue weighted by atomic mass is 32.2. The molecular weight excluding hydrogens is 428 g/mol. The number of hydrogen-bond acceptors (Lipinski definition) is 4. The summed E-state index contributed by atoms with van der Waals surface area (Å²) >= 11 is 0. The summed E-state index contributed by atoms with van der Waals surface area (Å²) < 4.78 is 27.1. The SMILES string of the molecule is C=NC(CC1CCCC2CCCCC21)CC1CCCC2C1CCCC2S(=O)(=O)C1CCNC1. The first kappa shape index (κ1) is 24.3. The molecule has 0 aromatic heterocycles. The molecule has 0 radical (unpaired) electrons. The van der Waals surface area contributed by atoms with E-state index in [4.69, 9.17) is 4.99 Å². The van der Waals surface area contributed by atoms with Gasteiger partial charge in [0, 0.05) is 12.6 Å². The van der Waals surface area contributed by atoms with Crippen LogP contribution >= 0.6 is 0 Å². The van der Waals surface area contributed by atoms with E-state index >= 15 is 0 Å². The zero-order chi connectivity index (χ0) is 22.8. The molecule has 4 nitrogen and oxygen atoms in total. The minimum absolute atomic E-state index is 0.0829. The Morgan fingerprint density at radius 3 is 2.15 bits per heavy atom. The van der Waals surface area contributed by atoms with Gasteiger partial charge in [-0.3, -0.25) is 4.99 Å². The molecule has 9 atom stereocenters. The molecule has 0 aromatic rings. The number of fused-ring (bicyclic) bond motifs is 2. The van der Waals surface area contributed by atoms with Gasteiger partial charge in [-0.15, -0.1) is 0 Å². The van der Waals surface area contributed by atoms with E-state index in [9.17, 15) is 8.42 Å². The van der Waals surface area contributed by atoms with E-state index in [-0.39, 0.29) is 10.5 Å². The zero-order valence-corrected chi connectivity index (χ0v) is 21.6. The second-order valence-corrected chi connectivity index (χ2v) is 14.8. The standard InChI is InChI=1S/C28H48N2O2S/c1-29-23(17-21-9-4-8-20-7-2-3-11-25(20)21)18-22-10-5-13-27-26(22)12-6-14-28(27)33(31,32)24-15-16-30-19-24/h20-28,30H,1-19H2. The fourth-order valence-corrected chi connectivity index (χ4v) is 11.8. The monoisotopic (exact) mass is 476 g/mol. The predicted octanol–water partition coefficient (Wildman–Crippen LogP) is 5.80. The normalized spacial score (nSPS) is 42.8. The molecule has 0 spiro atoms. The Labute approximate surface area is 203 Å². The summed E-state index contributed by atoms with van der Waals surface area (Å²) in [4.78, 5) is 4.71. The lowest BCUT2D eigenvalue weighted by molar-refractivity contribution is 0.0750. The van der Waals surface area contributed by atoms with Crippen molar-refractivity contribution in [2.24, 2.45) is 40.5 Å². The Bertz CT molecular complexity index is 760. The molecule has 0 aromatic carbocycles. The van der Waals surface area contributed by atoms with Gasteiger partial charge in [0.05, 0.1) is 10.5 Å². The molecule has 188 valence electrons. The summed E-state index contributed by atoms with van der Waals surface area (Å²) in [6.45, 7) is 5.59. The van der Waals surface area contributed by atoms with E-state index < -0.39 is 9.84 Å². The highest BCUT2D eigenvalue weighted by Gasteiger charge is 2.48. The predicted molar refractivity (Wildman–Crippen MR) is 138 cm³/mol. The molecule has 5 rings (SSSR count). The number of sulfone groups is 1. The van der Waals surface area contributed by atoms with Crippen LogP contribution in [-0.4, -0.2) is 44.8 Å². The lowest BCUT2D eigenvalue weighted by Gasteiger charge is -2.47. The smallest absolute Gasteiger partial charge is 0.157 e. The van der Waals surface area contributed by atoms with Crippen LogP contribution in [0.1, 0.15) is 103 Å². The molecule has 4 saturated carbocycles. The van der Waals surface area contributed by atoms with Gasteiger partial charge < -0.3 is 5.32 Å². The van der Waals surface area contributed by atoms with Gasteiger partial charge in [-0.05, 0) is 93.7 Å². The molecule has 1 saturated heterocycles. The van der Waals surface area contributed by atoms with Crippen LogP contribution < -0.4 is 5.32 Å². The van der Waals surface area contributed by atoms with Crippen LogP contribution in [0.5, 0.6) is 0 Å². The zero-order valence-electron chi connectivity index (χ0n) is 20.8. The third kappa shape index (κ3) is 5.10. The van der Waals surface area contributed by atoms with Crippen LogP contribution in [0.3, 0.4) is 0 Å². The van der Waals surface area contributed by atoms with E-state index in [0.717, 1.165) is 56.4 Å². The fraction of sp³-hybridized carbons (Fsp3) is 0.964. The van der Waals surface area contributed by atoms with Gasteiger partial charge >= 0.3 is 0 Å². The molecule has 5 fully saturated rings. The van der Waals surface area contributed by atoms with Crippen LogP contribution in [0.4, 0.5) is 0 Å². The van der Waals surface area contributed by atoms with Gasteiger partial charge in [0.25, 0.3) is 0 Å². The van der Waals surface area contributed by atoms with Gasteiger partial charge in [0.2, 0.25) is 0 Å². The largest absolute Gasteiger partial charge is 0.315 e. The van der Waals surface area contributed by atoms with Crippen LogP contribution in [0, 0.1) is 35.5 Å². The Morgan fingerprint density at radius 2 is 1.39 bits per heavy atom. The molecule has 1 N–H and O–H groups in total. The molecule has 9 unspecified atom stereocenters. The Kier molecular flexibility index (Phi) is 7.86. The van der Waals surface area contributed by atoms with Gasteiger partial charge in [0.15, 0.2) is 9.84 Å². The summed E-state index contributed by atoms with van der Waals surface area (Å²) in [5.41, 5.74) is 0. The molecule has 0 amide bonds. The Morgan fingerprint density at radius 1 is 0.758 bits per heavy atom. The molecule has 1 heterocycles. The molecule has 4 aliphatic carbocycles. The summed E-state index contributed by atoms with van der Waals surface area (Å²) in [7, 11) is -3.02. The lowest BCUT2D eigenvalue weighted by atomic mass is 9.62. The Hall–Kier alpha value is -0.420. The molecule has 5 heteroatoms. The quantitative estimate of drug-likeness (QED) is 0.472. The van der Waals surface area contributed by atoms with Crippen molar-refractivity contribution >= 4 is 16.6 Å². The Balaban J connectivity index is 1.25. The van der Waals surface area contributed by atoms with Crippen molar-refractivity contribution in [3.63, 3.8) is 0 Å². The van der Waals surface area contributed by atoms with Crippen molar-refractivity contribution in [3.05, 3.63) is 0 Å². The number of hydrogen-bond donors (Lipinski definition) is 1. The maximum Gasteiger partial charge on any atom is 0.157 e. The second-order valence-electron chi connectivity index (χ2n) is 12.4. The van der Waals surface area contributed by atoms with Crippen LogP contribution in [0.2, 0.25) is 0 Å². The van der Waals surface area contributed by atoms with Gasteiger partial charge in [-0.25, -0.2) is 8.42 Å². The van der Waals surface area contributed by atoms with E-state index in [0.29, 0.717) is 30.3 Å². The number of aliphatic imine (C=N–C) groups is 1. The minimum Gasteiger partial charge on any atom is -0.315 e. The lowest BCUT2D eigenvalue weighted by Crippen LogP contribution is -2.47. The van der Waals surface area contributed by atoms with E-state index in [1.54, 1.807) is 0 Å². The van der Waals surface area contributed by atoms with Crippen molar-refractivity contribution in [3.8, 4) is 0 Å². The van der Waals surface area contributed by atoms with Gasteiger partial charge in [-0.1, -0.05) is 57.8 Å². The summed E-state index contributed by atoms with van der Waals surface area (Å²) in [5.74, 6) is 4.43. The van der Waals surface area contributed by atoms with Crippen molar-refractivity contribution in [2.45, 2.75) is 119 Å². The van der Waals surface area contributed by atoms with Crippen molar-refractivity contribution in [1.82, 2.24) is 5.32 Å². The molecule has 33 heavy (non-hydrogen) atoms. The number of rotatable bonds is 7. The van der Waals surface area contributed by atoms with E-state index in [2.05, 4.69) is 12.0 Å². The second kappa shape index (κ2) is 10.7. The third-order valence-electron chi connectivity index (χ3n) is 10.8. The first-order valence-electron chi connectivity index (χ1n) is 14.5. The van der Waals surface area contributed by atoms with Gasteiger partial charge in [0.1, 0.15) is 0 Å². The first-order chi connectivity index (χ1) is 16.1. The maximum absolute atomic E-state index is 13.6. The average molecular weight is 477 g/mol. The van der Waals surface area contributed by atoms with E-state index in [1.807, 2.05) is 0 Å². The number of nitrogens with one attached hydrogen (secondary N) is 1. The van der Waals surface area contributed by atoms with Crippen molar-refractivity contribution in [2.75, 3.05) is 13.1 Å². The highest BCUT2D eigenvalue weighted by molar-refractivity contribution is 7.92. The molecule has 5 aliphatic rings. The van der Waals surface area contributed by atoms with Crippen LogP contribution in [-0.2, 0) is 9.84 Å².